The van der Waals surface area contributed by atoms with E-state index in [1.165, 1.54) is 76.2 Å². The third-order valence-corrected chi connectivity index (χ3v) is 5.14. The van der Waals surface area contributed by atoms with E-state index < -0.39 is 0 Å². The van der Waals surface area contributed by atoms with Gasteiger partial charge in [0.05, 0.1) is 11.6 Å². The van der Waals surface area contributed by atoms with Gasteiger partial charge in [-0.05, 0) is 54.8 Å². The maximum Gasteiger partial charge on any atom is 0.0991 e. The average Bonchev–Trinajstić information content (AvgIpc) is 2.75. The summed E-state index contributed by atoms with van der Waals surface area (Å²) in [6.07, 6.45) is 15.0. The van der Waals surface area contributed by atoms with Crippen LogP contribution in [-0.2, 0) is 6.42 Å². The van der Waals surface area contributed by atoms with E-state index in [-0.39, 0.29) is 0 Å². The molecule has 28 heavy (non-hydrogen) atoms. The number of nitrogens with zero attached hydrogens (tertiary/aromatic N) is 1. The van der Waals surface area contributed by atoms with Crippen LogP contribution in [0.3, 0.4) is 0 Å². The van der Waals surface area contributed by atoms with Gasteiger partial charge in [0.2, 0.25) is 0 Å². The first-order valence-electron chi connectivity index (χ1n) is 10.9. The van der Waals surface area contributed by atoms with E-state index in [1.807, 2.05) is 12.1 Å². The molecule has 1 nitrogen and oxygen atoms in total. The van der Waals surface area contributed by atoms with E-state index >= 15 is 0 Å². The zero-order valence-corrected chi connectivity index (χ0v) is 17.3. The van der Waals surface area contributed by atoms with E-state index in [1.54, 1.807) is 12.1 Å². The van der Waals surface area contributed by atoms with Crippen molar-refractivity contribution in [2.24, 2.45) is 0 Å². The van der Waals surface area contributed by atoms with Gasteiger partial charge in [0, 0.05) is 11.1 Å². The highest BCUT2D eigenvalue weighted by Gasteiger charge is 1.96. The van der Waals surface area contributed by atoms with Crippen molar-refractivity contribution in [3.05, 3.63) is 70.8 Å². The molecule has 146 valence electrons. The maximum atomic E-state index is 8.83. The zero-order valence-electron chi connectivity index (χ0n) is 17.3. The molecule has 0 amide bonds. The summed E-state index contributed by atoms with van der Waals surface area (Å²) in [5.41, 5.74) is 4.05. The van der Waals surface area contributed by atoms with Gasteiger partial charge in [-0.1, -0.05) is 88.7 Å². The minimum absolute atomic E-state index is 0.668. The van der Waals surface area contributed by atoms with Crippen molar-refractivity contribution >= 4 is 0 Å². The normalized spacial score (nSPS) is 10.1. The molecule has 0 radical (unpaired) electrons. The van der Waals surface area contributed by atoms with Gasteiger partial charge in [0.1, 0.15) is 0 Å². The van der Waals surface area contributed by atoms with Crippen LogP contribution in [0.25, 0.3) is 0 Å². The lowest BCUT2D eigenvalue weighted by Crippen LogP contribution is -1.87. The first-order chi connectivity index (χ1) is 13.8. The lowest BCUT2D eigenvalue weighted by atomic mass is 10.0. The van der Waals surface area contributed by atoms with E-state index in [9.17, 15) is 0 Å². The Hall–Kier alpha value is -2.51. The van der Waals surface area contributed by atoms with Crippen molar-refractivity contribution in [2.75, 3.05) is 0 Å². The van der Waals surface area contributed by atoms with Crippen LogP contribution in [0.4, 0.5) is 0 Å². The molecular formula is C27H33N. The Morgan fingerprint density at radius 1 is 0.571 bits per heavy atom. The lowest BCUT2D eigenvalue weighted by molar-refractivity contribution is 0.556. The molecule has 0 heterocycles. The van der Waals surface area contributed by atoms with E-state index in [4.69, 9.17) is 5.26 Å². The van der Waals surface area contributed by atoms with E-state index in [0.717, 1.165) is 11.1 Å². The molecule has 2 rings (SSSR count). The molecule has 0 saturated heterocycles. The molecule has 0 N–H and O–H groups in total. The molecule has 0 saturated carbocycles. The Bertz CT molecular complexity index is 766. The third-order valence-electron chi connectivity index (χ3n) is 5.14. The Balaban J connectivity index is 1.62. The second kappa shape index (κ2) is 13.6. The predicted molar refractivity (Wildman–Crippen MR) is 119 cm³/mol. The molecule has 0 aliphatic carbocycles. The second-order valence-electron chi connectivity index (χ2n) is 7.57. The van der Waals surface area contributed by atoms with Crippen LogP contribution in [0.15, 0.2) is 48.5 Å². The lowest BCUT2D eigenvalue weighted by Gasteiger charge is -2.03. The fourth-order valence-electron chi connectivity index (χ4n) is 3.34. The topological polar surface area (TPSA) is 23.8 Å². The van der Waals surface area contributed by atoms with Gasteiger partial charge < -0.3 is 0 Å². The zero-order chi connectivity index (χ0) is 19.9. The molecule has 2 aromatic rings. The summed E-state index contributed by atoms with van der Waals surface area (Å²) >= 11 is 0. The molecule has 0 spiro atoms. The predicted octanol–water partition coefficient (Wildman–Crippen LogP) is 7.42. The SMILES string of the molecule is CCCCCCCCCCCCc1ccc(C#Cc2ccc(C#N)cc2)cc1. The van der Waals surface area contributed by atoms with Crippen LogP contribution >= 0.6 is 0 Å². The highest BCUT2D eigenvalue weighted by Crippen LogP contribution is 2.13. The Morgan fingerprint density at radius 2 is 1.00 bits per heavy atom. The van der Waals surface area contributed by atoms with Crippen molar-refractivity contribution in [1.82, 2.24) is 0 Å². The number of nitriles is 1. The van der Waals surface area contributed by atoms with Gasteiger partial charge in [-0.2, -0.15) is 5.26 Å². The van der Waals surface area contributed by atoms with Crippen molar-refractivity contribution < 1.29 is 0 Å². The molecule has 0 aliphatic rings. The maximum absolute atomic E-state index is 8.83. The van der Waals surface area contributed by atoms with E-state index in [0.29, 0.717) is 5.56 Å². The molecule has 0 atom stereocenters. The van der Waals surface area contributed by atoms with Crippen LogP contribution in [0.1, 0.15) is 93.4 Å². The number of aryl methyl sites for hydroxylation is 1. The van der Waals surface area contributed by atoms with Crippen LogP contribution in [0.5, 0.6) is 0 Å². The quantitative estimate of drug-likeness (QED) is 0.298. The number of rotatable bonds is 11. The summed E-state index contributed by atoms with van der Waals surface area (Å²) in [5.74, 6) is 6.36. The number of unbranched alkanes of at least 4 members (excludes halogenated alkanes) is 9. The van der Waals surface area contributed by atoms with Crippen molar-refractivity contribution in [1.29, 1.82) is 5.26 Å². The van der Waals surface area contributed by atoms with Gasteiger partial charge in [-0.25, -0.2) is 0 Å². The molecule has 0 aliphatic heterocycles. The minimum atomic E-state index is 0.668. The molecule has 1 heteroatoms. The molecule has 0 aromatic heterocycles. The monoisotopic (exact) mass is 371 g/mol. The van der Waals surface area contributed by atoms with E-state index in [2.05, 4.69) is 49.1 Å². The van der Waals surface area contributed by atoms with Gasteiger partial charge in [-0.3, -0.25) is 0 Å². The molecule has 0 unspecified atom stereocenters. The van der Waals surface area contributed by atoms with Crippen LogP contribution < -0.4 is 0 Å². The molecule has 2 aromatic carbocycles. The van der Waals surface area contributed by atoms with Gasteiger partial charge in [0.15, 0.2) is 0 Å². The molecule has 0 bridgehead atoms. The fraction of sp³-hybridized carbons (Fsp3) is 0.444. The molecular weight excluding hydrogens is 338 g/mol. The first-order valence-corrected chi connectivity index (χ1v) is 10.9. The summed E-state index contributed by atoms with van der Waals surface area (Å²) in [4.78, 5) is 0. The Labute approximate surface area is 171 Å². The minimum Gasteiger partial charge on any atom is -0.192 e. The van der Waals surface area contributed by atoms with Gasteiger partial charge >= 0.3 is 0 Å². The largest absolute Gasteiger partial charge is 0.192 e. The summed E-state index contributed by atoms with van der Waals surface area (Å²) in [6, 6.07) is 18.2. The third kappa shape index (κ3) is 8.92. The summed E-state index contributed by atoms with van der Waals surface area (Å²) in [5, 5.41) is 8.83. The second-order valence-corrected chi connectivity index (χ2v) is 7.57. The number of benzene rings is 2. The Kier molecular flexibility index (Phi) is 10.6. The van der Waals surface area contributed by atoms with Gasteiger partial charge in [0.25, 0.3) is 0 Å². The van der Waals surface area contributed by atoms with Crippen molar-refractivity contribution in [3.8, 4) is 17.9 Å². The standard InChI is InChI=1S/C27H33N/c1-2-3-4-5-6-7-8-9-10-11-12-24-13-15-25(16-14-24)17-18-26-19-21-27(23-28)22-20-26/h13-16,19-22H,2-12H2,1H3. The number of hydrogen-bond acceptors (Lipinski definition) is 1. The Morgan fingerprint density at radius 3 is 1.50 bits per heavy atom. The summed E-state index contributed by atoms with van der Waals surface area (Å²) in [7, 11) is 0. The van der Waals surface area contributed by atoms with Crippen molar-refractivity contribution in [3.63, 3.8) is 0 Å². The van der Waals surface area contributed by atoms with Crippen LogP contribution in [0, 0.1) is 23.2 Å². The highest BCUT2D eigenvalue weighted by molar-refractivity contribution is 5.45. The average molecular weight is 372 g/mol. The number of hydrogen-bond donors (Lipinski definition) is 0. The highest BCUT2D eigenvalue weighted by atomic mass is 14.2. The summed E-state index contributed by atoms with van der Waals surface area (Å²) < 4.78 is 0. The van der Waals surface area contributed by atoms with Crippen LogP contribution in [-0.4, -0.2) is 0 Å². The molecule has 0 fully saturated rings. The first kappa shape index (κ1) is 21.8. The fourth-order valence-corrected chi connectivity index (χ4v) is 3.34. The van der Waals surface area contributed by atoms with Gasteiger partial charge in [-0.15, -0.1) is 0 Å². The van der Waals surface area contributed by atoms with Crippen LogP contribution in [0.2, 0.25) is 0 Å². The smallest absolute Gasteiger partial charge is 0.0991 e. The van der Waals surface area contributed by atoms with Crippen molar-refractivity contribution in [2.45, 2.75) is 77.6 Å². The summed E-state index contributed by atoms with van der Waals surface area (Å²) in [6.45, 7) is 2.28.